The zero-order valence-corrected chi connectivity index (χ0v) is 36.6. The van der Waals surface area contributed by atoms with Gasteiger partial charge < -0.3 is 18.9 Å². The first kappa shape index (κ1) is 40.3. The third-order valence-corrected chi connectivity index (χ3v) is 20.9. The number of carbonyl (C=O) groups is 6. The zero-order chi connectivity index (χ0) is 41.7. The van der Waals surface area contributed by atoms with Crippen LogP contribution in [-0.4, -0.2) is 69.9 Å². The Balaban J connectivity index is 0.000000143. The number of ether oxygens (including phenoxy) is 4. The molecule has 0 aromatic rings. The average molecular weight is 831 g/mol. The maximum atomic E-state index is 13.0. The fourth-order valence-electron chi connectivity index (χ4n) is 16.8. The molecule has 0 N–H and O–H groups in total. The number of allylic oxidation sites excluding steroid dienone is 1. The average Bonchev–Trinajstić information content (AvgIpc) is 3.41. The quantitative estimate of drug-likeness (QED) is 0.152. The number of carbonyl (C=O) groups excluding carboxylic acids is 6. The van der Waals surface area contributed by atoms with Crippen LogP contribution in [0.3, 0.4) is 0 Å². The largest absolute Gasteiger partial charge is 0.469 e. The highest BCUT2D eigenvalue weighted by molar-refractivity contribution is 8.14. The van der Waals surface area contributed by atoms with Crippen molar-refractivity contribution in [3.63, 3.8) is 0 Å². The molecule has 10 nitrogen and oxygen atoms in total. The smallest absolute Gasteiger partial charge is 0.309 e. The molecule has 9 fully saturated rings. The lowest BCUT2D eigenvalue weighted by Gasteiger charge is -2.61. The van der Waals surface area contributed by atoms with E-state index in [1.54, 1.807) is 13.0 Å². The Hall–Kier alpha value is -2.79. The van der Waals surface area contributed by atoms with E-state index in [0.717, 1.165) is 82.6 Å². The third-order valence-electron chi connectivity index (χ3n) is 19.8. The van der Waals surface area contributed by atoms with Gasteiger partial charge in [0, 0.05) is 60.0 Å². The molecule has 0 radical (unpaired) electrons. The molecular weight excluding hydrogens is 769 g/mol. The number of fused-ring (bicyclic) bond motifs is 10. The highest BCUT2D eigenvalue weighted by Crippen LogP contribution is 2.78. The molecule has 3 saturated heterocycles. The van der Waals surface area contributed by atoms with Gasteiger partial charge in [0.1, 0.15) is 16.8 Å². The minimum Gasteiger partial charge on any atom is -0.469 e. The van der Waals surface area contributed by atoms with Crippen LogP contribution in [0.25, 0.3) is 0 Å². The summed E-state index contributed by atoms with van der Waals surface area (Å²) in [6, 6.07) is 0. The summed E-state index contributed by atoms with van der Waals surface area (Å²) in [5.74, 6) is 1.47. The van der Waals surface area contributed by atoms with Crippen molar-refractivity contribution in [3.8, 4) is 0 Å². The predicted octanol–water partition coefficient (Wildman–Crippen LogP) is 7.98. The standard InChI is InChI=1S/C24H30O6.C24H32O4S/c1-21-7-4-14(25)10-13(21)11-15(20(27)28-3)19-16-5-8-23(9-6-18(26)30-23)22(16,2)12-17-24(19,21)29-17;1-14(25)29-19-13-15-12-16(26)4-8-22(15,2)17-5-9-23(3)18(21(17)19)6-10-24(23)11-7-20(27)28-24/h10,15-17,19H,4-9,11-12H2,1-3H3;12,17-19,21H,4-11,13H2,1-3H3/t15-,16+,17-,19+,21+,22+,23-,24-;17-,18-,19+,21+,22-,23-,24+/m10/s1. The van der Waals surface area contributed by atoms with Crippen molar-refractivity contribution < 1.29 is 47.7 Å². The maximum absolute atomic E-state index is 13.0. The fourth-order valence-corrected chi connectivity index (χ4v) is 18.0. The van der Waals surface area contributed by atoms with Crippen LogP contribution >= 0.6 is 11.8 Å². The van der Waals surface area contributed by atoms with Gasteiger partial charge in [-0.15, -0.1) is 0 Å². The van der Waals surface area contributed by atoms with Crippen molar-refractivity contribution in [2.24, 2.45) is 57.2 Å². The molecule has 0 aromatic carbocycles. The van der Waals surface area contributed by atoms with Crippen LogP contribution in [0.15, 0.2) is 23.3 Å². The second-order valence-electron chi connectivity index (χ2n) is 21.6. The number of methoxy groups -OCH3 is 1. The number of rotatable bonds is 2. The molecule has 3 spiro atoms. The van der Waals surface area contributed by atoms with Gasteiger partial charge in [-0.05, 0) is 125 Å². The van der Waals surface area contributed by atoms with Gasteiger partial charge in [-0.2, -0.15) is 0 Å². The summed E-state index contributed by atoms with van der Waals surface area (Å²) in [4.78, 5) is 73.8. The number of epoxide rings is 1. The lowest BCUT2D eigenvalue weighted by atomic mass is 9.43. The van der Waals surface area contributed by atoms with Crippen molar-refractivity contribution in [2.45, 2.75) is 172 Å². The zero-order valence-electron chi connectivity index (χ0n) is 35.8. The molecule has 3 aliphatic heterocycles. The number of hydrogen-bond acceptors (Lipinski definition) is 11. The second kappa shape index (κ2) is 13.1. The summed E-state index contributed by atoms with van der Waals surface area (Å²) < 4.78 is 24.0. The van der Waals surface area contributed by atoms with Gasteiger partial charge in [-0.3, -0.25) is 28.8 Å². The van der Waals surface area contributed by atoms with Gasteiger partial charge in [-0.1, -0.05) is 50.6 Å². The highest BCUT2D eigenvalue weighted by atomic mass is 32.2. The van der Waals surface area contributed by atoms with Gasteiger partial charge in [0.25, 0.3) is 0 Å². The van der Waals surface area contributed by atoms with Gasteiger partial charge in [0.15, 0.2) is 16.7 Å². The van der Waals surface area contributed by atoms with Gasteiger partial charge in [0.05, 0.1) is 19.1 Å². The van der Waals surface area contributed by atoms with Crippen molar-refractivity contribution >= 4 is 46.4 Å². The number of esters is 3. The van der Waals surface area contributed by atoms with Crippen LogP contribution < -0.4 is 0 Å². The van der Waals surface area contributed by atoms with E-state index in [2.05, 4.69) is 27.7 Å². The Morgan fingerprint density at radius 2 is 1.32 bits per heavy atom. The SMILES string of the molecule is CC(=O)S[C@@H]1CC2=CC(=O)CC[C@]2(C)[C@H]2CC[C@@]3(C)[C@@H](CC[C@@]34CCC(=O)O4)[C@H]12.COC(=O)[C@@H]1CC2=CC(=O)CC[C@]2(C)[C@@]23O[C@@H]2C[C@@]2(C)[C@@H](CC[C@@]24CCC(=O)O4)[C@H]13. The molecule has 3 heterocycles. The van der Waals surface area contributed by atoms with Gasteiger partial charge in [0.2, 0.25) is 0 Å². The minimum atomic E-state index is -0.424. The van der Waals surface area contributed by atoms with Crippen molar-refractivity contribution in [3.05, 3.63) is 23.3 Å². The first-order valence-electron chi connectivity index (χ1n) is 22.7. The lowest BCUT2D eigenvalue weighted by Crippen LogP contribution is -2.63. The summed E-state index contributed by atoms with van der Waals surface area (Å²) in [6.07, 6.45) is 17.6. The van der Waals surface area contributed by atoms with Gasteiger partial charge in [-0.25, -0.2) is 0 Å². The molecule has 11 heteroatoms. The van der Waals surface area contributed by atoms with E-state index >= 15 is 0 Å². The minimum absolute atomic E-state index is 0.0119. The fraction of sp³-hybridized carbons (Fsp3) is 0.792. The van der Waals surface area contributed by atoms with E-state index < -0.39 is 11.2 Å². The predicted molar refractivity (Wildman–Crippen MR) is 217 cm³/mol. The van der Waals surface area contributed by atoms with Crippen molar-refractivity contribution in [1.29, 1.82) is 0 Å². The Morgan fingerprint density at radius 3 is 1.95 bits per heavy atom. The van der Waals surface area contributed by atoms with Crippen LogP contribution in [0.4, 0.5) is 0 Å². The Labute approximate surface area is 352 Å². The van der Waals surface area contributed by atoms with E-state index in [4.69, 9.17) is 18.9 Å². The van der Waals surface area contributed by atoms with Crippen molar-refractivity contribution in [2.75, 3.05) is 7.11 Å². The topological polar surface area (TPSA) is 143 Å². The molecule has 0 amide bonds. The number of hydrogen-bond donors (Lipinski definition) is 0. The molecule has 0 bridgehead atoms. The van der Waals surface area contributed by atoms with E-state index in [-0.39, 0.29) is 91.0 Å². The molecule has 0 aromatic heterocycles. The van der Waals surface area contributed by atoms with Crippen LogP contribution in [0.2, 0.25) is 0 Å². The number of thioether (sulfide) groups is 1. The molecule has 11 rings (SSSR count). The van der Waals surface area contributed by atoms with E-state index in [0.29, 0.717) is 49.9 Å². The summed E-state index contributed by atoms with van der Waals surface area (Å²) in [7, 11) is 1.45. The molecule has 15 atom stereocenters. The Morgan fingerprint density at radius 1 is 0.712 bits per heavy atom. The lowest BCUT2D eigenvalue weighted by molar-refractivity contribution is -0.172. The molecule has 0 unspecified atom stereocenters. The normalized spacial score (nSPS) is 50.9. The van der Waals surface area contributed by atoms with Crippen LogP contribution in [0.1, 0.15) is 144 Å². The molecule has 320 valence electrons. The highest BCUT2D eigenvalue weighted by Gasteiger charge is 2.83. The summed E-state index contributed by atoms with van der Waals surface area (Å²) in [5.41, 5.74) is 0.919. The van der Waals surface area contributed by atoms with Crippen LogP contribution in [0.5, 0.6) is 0 Å². The summed E-state index contributed by atoms with van der Waals surface area (Å²) >= 11 is 1.50. The van der Waals surface area contributed by atoms with E-state index in [1.807, 2.05) is 6.08 Å². The van der Waals surface area contributed by atoms with Crippen molar-refractivity contribution in [1.82, 2.24) is 0 Å². The maximum Gasteiger partial charge on any atom is 0.309 e. The third kappa shape index (κ3) is 5.27. The molecule has 6 saturated carbocycles. The first-order valence-corrected chi connectivity index (χ1v) is 23.6. The van der Waals surface area contributed by atoms with Crippen LogP contribution in [-0.2, 0) is 47.7 Å². The molecular formula is C48H62O10S. The van der Waals surface area contributed by atoms with Gasteiger partial charge >= 0.3 is 17.9 Å². The monoisotopic (exact) mass is 830 g/mol. The molecule has 11 aliphatic rings. The molecule has 59 heavy (non-hydrogen) atoms. The van der Waals surface area contributed by atoms with Crippen LogP contribution in [0, 0.1) is 57.2 Å². The Bertz CT molecular complexity index is 2010. The summed E-state index contributed by atoms with van der Waals surface area (Å²) in [5, 5.41) is 0.409. The second-order valence-corrected chi connectivity index (χ2v) is 23.0. The molecule has 8 aliphatic carbocycles. The first-order chi connectivity index (χ1) is 27.9. The van der Waals surface area contributed by atoms with E-state index in [1.165, 1.54) is 24.4 Å². The van der Waals surface area contributed by atoms with E-state index in [9.17, 15) is 28.8 Å². The Kier molecular flexibility index (Phi) is 8.96. The number of ketones is 2. The summed E-state index contributed by atoms with van der Waals surface area (Å²) in [6.45, 7) is 10.9.